The zero-order valence-electron chi connectivity index (χ0n) is 13.9. The van der Waals surface area contributed by atoms with Gasteiger partial charge in [-0.05, 0) is 0 Å². The normalized spacial score (nSPS) is 23.0. The van der Waals surface area contributed by atoms with Crippen LogP contribution in [0.4, 0.5) is 0 Å². The molecule has 120 valence electrons. The third kappa shape index (κ3) is 2.40. The van der Waals surface area contributed by atoms with Crippen LogP contribution in [0.5, 0.6) is 0 Å². The first-order chi connectivity index (χ1) is 10.6. The van der Waals surface area contributed by atoms with Crippen LogP contribution in [-0.4, -0.2) is 44.5 Å². The van der Waals surface area contributed by atoms with E-state index in [0.29, 0.717) is 0 Å². The Labute approximate surface area is 135 Å². The van der Waals surface area contributed by atoms with Crippen LogP contribution in [0.2, 0.25) is 14.8 Å². The molecule has 0 bridgehead atoms. The third-order valence-electron chi connectivity index (χ3n) is 4.87. The van der Waals surface area contributed by atoms with Crippen LogP contribution in [0.15, 0.2) is 0 Å². The van der Waals surface area contributed by atoms with Gasteiger partial charge in [0, 0.05) is 0 Å². The standard InChI is InChI=1S/C13H17N4O.3CH3.Sn/c1-3-7-16-11(5-1)10-9-14-17(13(10)15-16)12-6-2-4-8-18-12;;;;/h12H,1-8H2;3*1H3;. The van der Waals surface area contributed by atoms with E-state index >= 15 is 0 Å². The SMILES string of the molecule is [CH3][Sn]([CH3])([CH3])[c]1nn(C2CCCCO2)c2nn3c(c12)CCCC3. The fraction of sp³-hybridized carbons (Fsp3) is 0.750. The molecule has 2 aromatic rings. The van der Waals surface area contributed by atoms with Gasteiger partial charge in [0.15, 0.2) is 0 Å². The minimum atomic E-state index is -2.29. The topological polar surface area (TPSA) is 44.9 Å². The third-order valence-corrected chi connectivity index (χ3v) is 9.93. The number of ether oxygens (including phenoxy) is 1. The summed E-state index contributed by atoms with van der Waals surface area (Å²) in [4.78, 5) is 7.36. The molecule has 22 heavy (non-hydrogen) atoms. The average molecular weight is 409 g/mol. The van der Waals surface area contributed by atoms with E-state index in [0.717, 1.165) is 31.6 Å². The number of rotatable bonds is 2. The Kier molecular flexibility index (Phi) is 3.76. The maximum atomic E-state index is 6.00. The minimum absolute atomic E-state index is 0.0931. The van der Waals surface area contributed by atoms with E-state index in [1.807, 2.05) is 0 Å². The summed E-state index contributed by atoms with van der Waals surface area (Å²) in [5, 5.41) is 11.4. The first-order valence-corrected chi connectivity index (χ1v) is 18.6. The van der Waals surface area contributed by atoms with Crippen molar-refractivity contribution in [1.82, 2.24) is 19.6 Å². The van der Waals surface area contributed by atoms with Crippen molar-refractivity contribution in [1.29, 1.82) is 0 Å². The molecule has 0 N–H and O–H groups in total. The second-order valence-corrected chi connectivity index (χ2v) is 21.9. The summed E-state index contributed by atoms with van der Waals surface area (Å²) in [5.74, 6) is 0. The molecular weight excluding hydrogens is 383 g/mol. The molecule has 4 rings (SSSR count). The molecule has 2 aliphatic rings. The molecule has 0 spiro atoms. The summed E-state index contributed by atoms with van der Waals surface area (Å²) in [7, 11) is 0. The molecule has 2 aliphatic heterocycles. The van der Waals surface area contributed by atoms with Gasteiger partial charge in [-0.25, -0.2) is 0 Å². The molecular formula is C16H26N4OSn. The zero-order chi connectivity index (χ0) is 15.3. The van der Waals surface area contributed by atoms with Gasteiger partial charge in [-0.2, -0.15) is 0 Å². The average Bonchev–Trinajstić information content (AvgIpc) is 3.04. The summed E-state index contributed by atoms with van der Waals surface area (Å²) in [6.07, 6.45) is 7.25. The predicted octanol–water partition coefficient (Wildman–Crippen LogP) is 2.81. The first-order valence-electron chi connectivity index (χ1n) is 8.66. The molecule has 0 aliphatic carbocycles. The van der Waals surface area contributed by atoms with Crippen LogP contribution >= 0.6 is 0 Å². The van der Waals surface area contributed by atoms with Crippen molar-refractivity contribution in [2.75, 3.05) is 6.61 Å². The van der Waals surface area contributed by atoms with Crippen LogP contribution in [0.25, 0.3) is 11.0 Å². The van der Waals surface area contributed by atoms with Gasteiger partial charge >= 0.3 is 136 Å². The van der Waals surface area contributed by atoms with E-state index < -0.39 is 18.4 Å². The van der Waals surface area contributed by atoms with E-state index in [1.54, 1.807) is 0 Å². The Hall–Kier alpha value is -0.561. The number of fused-ring (bicyclic) bond motifs is 3. The van der Waals surface area contributed by atoms with Crippen molar-refractivity contribution in [2.45, 2.75) is 66.1 Å². The molecule has 0 aromatic carbocycles. The second-order valence-electron chi connectivity index (χ2n) is 7.69. The summed E-state index contributed by atoms with van der Waals surface area (Å²) < 4.78 is 11.8. The van der Waals surface area contributed by atoms with Gasteiger partial charge in [-0.1, -0.05) is 0 Å². The van der Waals surface area contributed by atoms with Crippen molar-refractivity contribution >= 4 is 33.1 Å². The van der Waals surface area contributed by atoms with Gasteiger partial charge < -0.3 is 0 Å². The molecule has 0 saturated carbocycles. The van der Waals surface area contributed by atoms with E-state index in [1.165, 1.54) is 40.5 Å². The van der Waals surface area contributed by atoms with Crippen LogP contribution in [-0.2, 0) is 17.7 Å². The molecule has 1 atom stereocenters. The van der Waals surface area contributed by atoms with Crippen LogP contribution in [0, 0.1) is 0 Å². The monoisotopic (exact) mass is 410 g/mol. The number of aromatic nitrogens is 4. The fourth-order valence-corrected chi connectivity index (χ4v) is 7.76. The Morgan fingerprint density at radius 1 is 1.09 bits per heavy atom. The summed E-state index contributed by atoms with van der Waals surface area (Å²) >= 11 is -2.29. The molecule has 6 heteroatoms. The van der Waals surface area contributed by atoms with Crippen molar-refractivity contribution in [3.05, 3.63) is 5.69 Å². The zero-order valence-corrected chi connectivity index (χ0v) is 16.8. The van der Waals surface area contributed by atoms with Crippen molar-refractivity contribution < 1.29 is 4.74 Å². The van der Waals surface area contributed by atoms with Crippen molar-refractivity contribution in [2.24, 2.45) is 0 Å². The van der Waals surface area contributed by atoms with Gasteiger partial charge in [0.2, 0.25) is 0 Å². The Morgan fingerprint density at radius 2 is 1.95 bits per heavy atom. The van der Waals surface area contributed by atoms with Crippen LogP contribution in [0.3, 0.4) is 0 Å². The maximum absolute atomic E-state index is 6.00. The molecule has 1 saturated heterocycles. The van der Waals surface area contributed by atoms with Crippen LogP contribution < -0.4 is 3.71 Å². The van der Waals surface area contributed by atoms with Crippen LogP contribution in [0.1, 0.15) is 44.0 Å². The summed E-state index contributed by atoms with van der Waals surface area (Å²) in [5.41, 5.74) is 2.52. The van der Waals surface area contributed by atoms with Gasteiger partial charge in [0.05, 0.1) is 0 Å². The second kappa shape index (κ2) is 5.51. The molecule has 2 aromatic heterocycles. The number of aryl methyl sites for hydroxylation is 2. The first kappa shape index (κ1) is 15.0. The molecule has 4 heterocycles. The van der Waals surface area contributed by atoms with Gasteiger partial charge in [-0.3, -0.25) is 0 Å². The van der Waals surface area contributed by atoms with Gasteiger partial charge in [0.25, 0.3) is 0 Å². The van der Waals surface area contributed by atoms with E-state index in [9.17, 15) is 0 Å². The molecule has 0 amide bonds. The van der Waals surface area contributed by atoms with Gasteiger partial charge in [0.1, 0.15) is 0 Å². The van der Waals surface area contributed by atoms with Crippen molar-refractivity contribution in [3.8, 4) is 0 Å². The molecule has 1 unspecified atom stereocenters. The quantitative estimate of drug-likeness (QED) is 0.717. The molecule has 5 nitrogen and oxygen atoms in total. The Balaban J connectivity index is 1.91. The van der Waals surface area contributed by atoms with E-state index in [4.69, 9.17) is 14.9 Å². The number of nitrogens with zero attached hydrogens (tertiary/aromatic N) is 4. The van der Waals surface area contributed by atoms with E-state index in [-0.39, 0.29) is 6.23 Å². The van der Waals surface area contributed by atoms with Gasteiger partial charge in [-0.15, -0.1) is 0 Å². The van der Waals surface area contributed by atoms with E-state index in [2.05, 4.69) is 24.2 Å². The summed E-state index contributed by atoms with van der Waals surface area (Å²) in [6.45, 7) is 1.92. The van der Waals surface area contributed by atoms with Crippen molar-refractivity contribution in [3.63, 3.8) is 0 Å². The Bertz CT molecular complexity index is 691. The molecule has 0 radical (unpaired) electrons. The summed E-state index contributed by atoms with van der Waals surface area (Å²) in [6, 6.07) is 0. The predicted molar refractivity (Wildman–Crippen MR) is 90.3 cm³/mol. The number of hydrogen-bond acceptors (Lipinski definition) is 3. The number of hydrogen-bond donors (Lipinski definition) is 0. The Morgan fingerprint density at radius 3 is 2.68 bits per heavy atom. The fourth-order valence-electron chi connectivity index (χ4n) is 3.73. The molecule has 1 fully saturated rings.